The van der Waals surface area contributed by atoms with E-state index in [4.69, 9.17) is 52.1 Å². The number of carbonyl (C=O) groups excluding carboxylic acids is 3. The van der Waals surface area contributed by atoms with Gasteiger partial charge in [-0.15, -0.1) is 0 Å². The van der Waals surface area contributed by atoms with Crippen molar-refractivity contribution >= 4 is 86.0 Å². The van der Waals surface area contributed by atoms with Crippen molar-refractivity contribution in [2.75, 3.05) is 148 Å². The van der Waals surface area contributed by atoms with Gasteiger partial charge in [-0.05, 0) is 56.7 Å². The normalized spacial score (nSPS) is 15.8. The van der Waals surface area contributed by atoms with Crippen LogP contribution >= 0.6 is 0 Å². The molecule has 6 N–H and O–H groups in total. The quantitative estimate of drug-likeness (QED) is 0.0795. The number of benzene rings is 3. The van der Waals surface area contributed by atoms with E-state index in [2.05, 4.69) is 76.0 Å². The molecule has 0 unspecified atom stereocenters. The van der Waals surface area contributed by atoms with Gasteiger partial charge in [-0.25, -0.2) is 15.0 Å². The third kappa shape index (κ3) is 12.8. The van der Waals surface area contributed by atoms with E-state index in [0.29, 0.717) is 257 Å². The highest BCUT2D eigenvalue weighted by Crippen LogP contribution is 2.45. The number of rotatable bonds is 14. The number of hydrogen-bond donors (Lipinski definition) is 6. The summed E-state index contributed by atoms with van der Waals surface area (Å²) in [7, 11) is 0. The van der Waals surface area contributed by atoms with Crippen LogP contribution < -0.4 is 53.8 Å². The summed E-state index contributed by atoms with van der Waals surface area (Å²) in [6.45, 7) is 15.5. The zero-order valence-electron chi connectivity index (χ0n) is 50.6. The van der Waals surface area contributed by atoms with Crippen LogP contribution in [0.5, 0.6) is 46.3 Å². The molecule has 0 atom stereocenters. The standard InChI is InChI=1S/2C20H22N6O5.C20H22N6O4/c1-2-29-18-13-11-21-25-17(13)23-20(24-18)22-14-4-3-12(15-16(14)31-10-9-30-15)19(27)26-5-7-28-8-6-26;1-2-29-18-14-17(22-11-21-14)24-20(25-18)23-13-4-3-12(15-16(13)31-10-9-30-15)19(27)26-5-7-28-8-6-26;1-2-13-15-18(22-11-21-15)25-20(23-13)24-14-4-3-12(16-17(14)30-10-9-29-16)19(27)26-5-7-28-8-6-26/h2*3-4,11H,2,5-10H2,1H3,(H2,21,22,23,24,25);3-4,11H,2,5-10H2,1H3,(H2,21,22,23,24,25). The van der Waals surface area contributed by atoms with E-state index in [9.17, 15) is 14.4 Å². The van der Waals surface area contributed by atoms with E-state index in [-0.39, 0.29) is 17.7 Å². The highest BCUT2D eigenvalue weighted by Gasteiger charge is 2.32. The molecule has 0 spiro atoms. The molecule has 0 radical (unpaired) electrons. The SMILES string of the molecule is CCOc1nc(Nc2ccc(C(=O)N3CCOCC3)c3c2OCCO3)nc2[nH]ncc12.CCOc1nc(Nc2ccc(C(=O)N3CCOCC3)c3c2OCCO3)nc2nc[nH]c12.CCc1nc(Nc2ccc(C(=O)N3CCOCC3)c3c2OCCO3)nc2nc[nH]c12. The van der Waals surface area contributed by atoms with Crippen molar-refractivity contribution in [2.45, 2.75) is 27.2 Å². The van der Waals surface area contributed by atoms with Gasteiger partial charge in [-0.2, -0.15) is 30.0 Å². The van der Waals surface area contributed by atoms with Crippen molar-refractivity contribution in [1.82, 2.24) is 74.7 Å². The lowest BCUT2D eigenvalue weighted by Crippen LogP contribution is -2.41. The van der Waals surface area contributed by atoms with Crippen LogP contribution in [0.15, 0.2) is 55.2 Å². The van der Waals surface area contributed by atoms with Crippen LogP contribution in [0.25, 0.3) is 33.4 Å². The highest BCUT2D eigenvalue weighted by molar-refractivity contribution is 6.01. The molecular weight excluding hydrogens is 1200 g/mol. The van der Waals surface area contributed by atoms with Gasteiger partial charge in [-0.3, -0.25) is 19.5 Å². The van der Waals surface area contributed by atoms with E-state index in [1.807, 2.05) is 20.8 Å². The number of anilines is 6. The Balaban J connectivity index is 0.000000126. The van der Waals surface area contributed by atoms with Gasteiger partial charge in [0.05, 0.1) is 111 Å². The second-order valence-electron chi connectivity index (χ2n) is 20.9. The van der Waals surface area contributed by atoms with E-state index >= 15 is 0 Å². The second-order valence-corrected chi connectivity index (χ2v) is 20.9. The molecule has 6 aliphatic heterocycles. The number of nitrogens with zero attached hydrogens (tertiary/aromatic N) is 12. The molecule has 15 rings (SSSR count). The Morgan fingerprint density at radius 1 is 0.467 bits per heavy atom. The number of nitrogens with one attached hydrogen (secondary N) is 6. The van der Waals surface area contributed by atoms with E-state index in [1.54, 1.807) is 63.6 Å². The molecule has 32 nitrogen and oxygen atoms in total. The number of H-pyrrole nitrogens is 3. The summed E-state index contributed by atoms with van der Waals surface area (Å²) < 4.78 is 62.4. The molecular formula is C60H66N18O14. The van der Waals surface area contributed by atoms with E-state index < -0.39 is 0 Å². The average molecular weight is 1260 g/mol. The number of ether oxygens (including phenoxy) is 11. The molecule has 0 bridgehead atoms. The summed E-state index contributed by atoms with van der Waals surface area (Å²) in [5, 5.41) is 17.1. The van der Waals surface area contributed by atoms with Gasteiger partial charge in [0.25, 0.3) is 17.7 Å². The Hall–Kier alpha value is -10.6. The van der Waals surface area contributed by atoms with Crippen molar-refractivity contribution in [3.63, 3.8) is 0 Å². The Labute approximate surface area is 524 Å². The number of aromatic amines is 3. The Morgan fingerprint density at radius 3 is 1.30 bits per heavy atom. The first-order valence-corrected chi connectivity index (χ1v) is 30.3. The number of morpholine rings is 3. The fourth-order valence-electron chi connectivity index (χ4n) is 10.8. The van der Waals surface area contributed by atoms with Crippen LogP contribution in [0.2, 0.25) is 0 Å². The summed E-state index contributed by atoms with van der Waals surface area (Å²) in [6, 6.07) is 10.5. The minimum atomic E-state index is -0.107. The summed E-state index contributed by atoms with van der Waals surface area (Å²) >= 11 is 0. The lowest BCUT2D eigenvalue weighted by Gasteiger charge is -2.29. The number of amides is 3. The number of hydrogen-bond acceptors (Lipinski definition) is 26. The van der Waals surface area contributed by atoms with Crippen molar-refractivity contribution in [2.24, 2.45) is 0 Å². The van der Waals surface area contributed by atoms with Crippen LogP contribution in [-0.2, 0) is 20.6 Å². The lowest BCUT2D eigenvalue weighted by atomic mass is 10.1. The predicted molar refractivity (Wildman–Crippen MR) is 329 cm³/mol. The summed E-state index contributed by atoms with van der Waals surface area (Å²) in [6.07, 6.45) is 5.50. The third-order valence-corrected chi connectivity index (χ3v) is 15.2. The van der Waals surface area contributed by atoms with Gasteiger partial charge in [0.15, 0.2) is 51.4 Å². The Bertz CT molecular complexity index is 3970. The molecule has 12 heterocycles. The summed E-state index contributed by atoms with van der Waals surface area (Å²) in [5.74, 6) is 4.22. The first kappa shape index (κ1) is 60.3. The van der Waals surface area contributed by atoms with Crippen LogP contribution in [0.1, 0.15) is 57.5 Å². The molecule has 3 fully saturated rings. The van der Waals surface area contributed by atoms with Gasteiger partial charge in [-0.1, -0.05) is 6.92 Å². The molecule has 480 valence electrons. The number of carbonyl (C=O) groups is 3. The highest BCUT2D eigenvalue weighted by atomic mass is 16.6. The topological polar surface area (TPSA) is 362 Å². The molecule has 3 amide bonds. The predicted octanol–water partition coefficient (Wildman–Crippen LogP) is 5.38. The minimum Gasteiger partial charge on any atom is -0.485 e. The molecule has 6 aromatic heterocycles. The molecule has 6 aliphatic rings. The molecule has 3 saturated heterocycles. The van der Waals surface area contributed by atoms with Crippen LogP contribution in [0.4, 0.5) is 34.9 Å². The molecule has 0 aliphatic carbocycles. The molecule has 9 aromatic rings. The average Bonchev–Trinajstić information content (AvgIpc) is 1.25. The van der Waals surface area contributed by atoms with Crippen molar-refractivity contribution < 1.29 is 66.5 Å². The van der Waals surface area contributed by atoms with Gasteiger partial charge in [0.2, 0.25) is 29.6 Å². The largest absolute Gasteiger partial charge is 0.485 e. The maximum absolute atomic E-state index is 13.0. The smallest absolute Gasteiger partial charge is 0.257 e. The van der Waals surface area contributed by atoms with Crippen LogP contribution in [0.3, 0.4) is 0 Å². The summed E-state index contributed by atoms with van der Waals surface area (Å²) in [5.41, 5.74) is 7.16. The zero-order valence-corrected chi connectivity index (χ0v) is 50.6. The maximum Gasteiger partial charge on any atom is 0.257 e. The molecule has 32 heteroatoms. The minimum absolute atomic E-state index is 0.0888. The zero-order chi connectivity index (χ0) is 62.9. The van der Waals surface area contributed by atoms with Crippen molar-refractivity contribution in [3.05, 3.63) is 77.6 Å². The monoisotopic (exact) mass is 1260 g/mol. The number of aryl methyl sites for hydroxylation is 1. The number of aromatic nitrogens is 12. The van der Waals surface area contributed by atoms with Crippen LogP contribution in [0, 0.1) is 0 Å². The lowest BCUT2D eigenvalue weighted by molar-refractivity contribution is 0.0296. The molecule has 3 aromatic carbocycles. The van der Waals surface area contributed by atoms with Gasteiger partial charge >= 0.3 is 0 Å². The Kier molecular flexibility index (Phi) is 18.1. The molecule has 0 saturated carbocycles. The van der Waals surface area contributed by atoms with Crippen molar-refractivity contribution in [3.8, 4) is 46.3 Å². The fourth-order valence-corrected chi connectivity index (χ4v) is 10.8. The first-order valence-electron chi connectivity index (χ1n) is 30.3. The fraction of sp³-hybridized carbons (Fsp3) is 0.400. The van der Waals surface area contributed by atoms with E-state index in [0.717, 1.165) is 17.6 Å². The van der Waals surface area contributed by atoms with Gasteiger partial charge in [0.1, 0.15) is 56.1 Å². The first-order chi connectivity index (χ1) is 45.2. The number of imidazole rings is 2. The van der Waals surface area contributed by atoms with Gasteiger partial charge < -0.3 is 92.7 Å². The summed E-state index contributed by atoms with van der Waals surface area (Å²) in [4.78, 5) is 85.7. The second kappa shape index (κ2) is 27.6. The maximum atomic E-state index is 13.0. The van der Waals surface area contributed by atoms with Crippen LogP contribution in [-0.4, -0.2) is 224 Å². The van der Waals surface area contributed by atoms with E-state index in [1.165, 1.54) is 6.33 Å². The Morgan fingerprint density at radius 2 is 0.859 bits per heavy atom. The molecule has 92 heavy (non-hydrogen) atoms. The van der Waals surface area contributed by atoms with Crippen molar-refractivity contribution in [1.29, 1.82) is 0 Å². The van der Waals surface area contributed by atoms with Gasteiger partial charge in [0, 0.05) is 39.3 Å². The number of fused-ring (bicyclic) bond motifs is 6. The third-order valence-electron chi connectivity index (χ3n) is 15.2.